The highest BCUT2D eigenvalue weighted by Gasteiger charge is 2.05. The van der Waals surface area contributed by atoms with E-state index in [1.54, 1.807) is 18.2 Å². The van der Waals surface area contributed by atoms with Gasteiger partial charge in [-0.3, -0.25) is 0 Å². The number of hydrogen-bond donors (Lipinski definition) is 1. The van der Waals surface area contributed by atoms with Crippen LogP contribution in [0.4, 0.5) is 15.9 Å². The number of nitriles is 1. The quantitative estimate of drug-likeness (QED) is 0.830. The second-order valence-electron chi connectivity index (χ2n) is 3.12. The summed E-state index contributed by atoms with van der Waals surface area (Å²) in [5.74, 6) is -0.146. The molecule has 0 amide bonds. The molecule has 1 aromatic heterocycles. The standard InChI is InChI=1S/C11H6ClFN4/c12-11-15-7(6-14)5-10(17-11)16-9-4-2-1-3-8(9)13/h1-5H,(H,15,16,17). The molecule has 0 bridgehead atoms. The Kier molecular flexibility index (Phi) is 3.17. The summed E-state index contributed by atoms with van der Waals surface area (Å²) in [6.45, 7) is 0. The summed E-state index contributed by atoms with van der Waals surface area (Å²) >= 11 is 5.63. The van der Waals surface area contributed by atoms with Crippen molar-refractivity contribution >= 4 is 23.1 Å². The van der Waals surface area contributed by atoms with E-state index in [0.29, 0.717) is 0 Å². The fraction of sp³-hybridized carbons (Fsp3) is 0. The van der Waals surface area contributed by atoms with Gasteiger partial charge in [-0.2, -0.15) is 5.26 Å². The Balaban J connectivity index is 2.34. The van der Waals surface area contributed by atoms with Crippen molar-refractivity contribution in [3.05, 3.63) is 47.1 Å². The Morgan fingerprint density at radius 2 is 2.06 bits per heavy atom. The third-order valence-electron chi connectivity index (χ3n) is 1.95. The molecule has 2 aromatic rings. The Labute approximate surface area is 102 Å². The highest BCUT2D eigenvalue weighted by molar-refractivity contribution is 6.28. The average molecular weight is 249 g/mol. The van der Waals surface area contributed by atoms with E-state index in [1.165, 1.54) is 12.1 Å². The number of nitrogens with zero attached hydrogens (tertiary/aromatic N) is 3. The van der Waals surface area contributed by atoms with E-state index >= 15 is 0 Å². The third kappa shape index (κ3) is 2.68. The Hall–Kier alpha value is -2.19. The molecule has 0 unspecified atom stereocenters. The number of aromatic nitrogens is 2. The second-order valence-corrected chi connectivity index (χ2v) is 3.46. The van der Waals surface area contributed by atoms with Crippen LogP contribution in [0.3, 0.4) is 0 Å². The van der Waals surface area contributed by atoms with Gasteiger partial charge in [0, 0.05) is 6.07 Å². The minimum atomic E-state index is -0.416. The largest absolute Gasteiger partial charge is 0.338 e. The first-order valence-corrected chi connectivity index (χ1v) is 5.03. The van der Waals surface area contributed by atoms with Gasteiger partial charge in [0.1, 0.15) is 23.4 Å². The van der Waals surface area contributed by atoms with Gasteiger partial charge >= 0.3 is 0 Å². The summed E-state index contributed by atoms with van der Waals surface area (Å²) in [5, 5.41) is 11.4. The Bertz CT molecular complexity index is 594. The summed E-state index contributed by atoms with van der Waals surface area (Å²) in [6, 6.07) is 9.35. The fourth-order valence-electron chi connectivity index (χ4n) is 1.24. The van der Waals surface area contributed by atoms with Crippen LogP contribution in [0.25, 0.3) is 0 Å². The van der Waals surface area contributed by atoms with Crippen LogP contribution in [0.5, 0.6) is 0 Å². The van der Waals surface area contributed by atoms with Crippen LogP contribution >= 0.6 is 11.6 Å². The average Bonchev–Trinajstić information content (AvgIpc) is 2.31. The Morgan fingerprint density at radius 1 is 1.29 bits per heavy atom. The first-order chi connectivity index (χ1) is 8.19. The number of anilines is 2. The zero-order chi connectivity index (χ0) is 12.3. The van der Waals surface area contributed by atoms with E-state index in [9.17, 15) is 4.39 Å². The van der Waals surface area contributed by atoms with Gasteiger partial charge in [-0.25, -0.2) is 14.4 Å². The molecule has 1 heterocycles. The van der Waals surface area contributed by atoms with Crippen molar-refractivity contribution in [2.45, 2.75) is 0 Å². The van der Waals surface area contributed by atoms with Gasteiger partial charge in [0.05, 0.1) is 5.69 Å². The van der Waals surface area contributed by atoms with Crippen LogP contribution in [0.1, 0.15) is 5.69 Å². The first kappa shape index (κ1) is 11.3. The van der Waals surface area contributed by atoms with E-state index in [0.717, 1.165) is 0 Å². The minimum absolute atomic E-state index is 0.0668. The molecule has 0 radical (unpaired) electrons. The maximum atomic E-state index is 13.4. The third-order valence-corrected chi connectivity index (χ3v) is 2.12. The predicted molar refractivity (Wildman–Crippen MR) is 61.4 cm³/mol. The summed E-state index contributed by atoms with van der Waals surface area (Å²) in [5.41, 5.74) is 0.370. The number of hydrogen-bond acceptors (Lipinski definition) is 4. The molecular formula is C11H6ClFN4. The molecule has 0 saturated carbocycles. The summed E-state index contributed by atoms with van der Waals surface area (Å²) in [6.07, 6.45) is 0. The van der Waals surface area contributed by atoms with Crippen molar-refractivity contribution in [2.75, 3.05) is 5.32 Å². The van der Waals surface area contributed by atoms with E-state index < -0.39 is 5.82 Å². The predicted octanol–water partition coefficient (Wildman–Crippen LogP) is 2.88. The molecule has 6 heteroatoms. The van der Waals surface area contributed by atoms with Crippen molar-refractivity contribution < 1.29 is 4.39 Å². The van der Waals surface area contributed by atoms with Crippen LogP contribution in [-0.2, 0) is 0 Å². The molecule has 1 N–H and O–H groups in total. The molecule has 0 aliphatic carbocycles. The van der Waals surface area contributed by atoms with Crippen molar-refractivity contribution in [1.82, 2.24) is 9.97 Å². The van der Waals surface area contributed by atoms with Gasteiger partial charge in [-0.05, 0) is 23.7 Å². The van der Waals surface area contributed by atoms with Gasteiger partial charge < -0.3 is 5.32 Å². The van der Waals surface area contributed by atoms with Crippen molar-refractivity contribution in [1.29, 1.82) is 5.26 Å². The summed E-state index contributed by atoms with van der Waals surface area (Å²) in [4.78, 5) is 7.52. The summed E-state index contributed by atoms with van der Waals surface area (Å²) in [7, 11) is 0. The van der Waals surface area contributed by atoms with Gasteiger partial charge in [0.2, 0.25) is 5.28 Å². The maximum Gasteiger partial charge on any atom is 0.225 e. The van der Waals surface area contributed by atoms with Crippen molar-refractivity contribution in [3.8, 4) is 6.07 Å². The molecule has 0 aliphatic rings. The topological polar surface area (TPSA) is 61.6 Å². The molecule has 0 aliphatic heterocycles. The molecule has 0 spiro atoms. The van der Waals surface area contributed by atoms with Crippen LogP contribution in [0, 0.1) is 17.1 Å². The molecule has 0 saturated heterocycles. The van der Waals surface area contributed by atoms with Gasteiger partial charge in [0.25, 0.3) is 0 Å². The number of rotatable bonds is 2. The zero-order valence-corrected chi connectivity index (χ0v) is 9.24. The SMILES string of the molecule is N#Cc1cc(Nc2ccccc2F)nc(Cl)n1. The van der Waals surface area contributed by atoms with E-state index in [4.69, 9.17) is 16.9 Å². The highest BCUT2D eigenvalue weighted by atomic mass is 35.5. The molecular weight excluding hydrogens is 243 g/mol. The fourth-order valence-corrected chi connectivity index (χ4v) is 1.42. The van der Waals surface area contributed by atoms with E-state index in [-0.39, 0.29) is 22.5 Å². The number of nitrogens with one attached hydrogen (secondary N) is 1. The molecule has 2 rings (SSSR count). The lowest BCUT2D eigenvalue weighted by Gasteiger charge is -2.06. The monoisotopic (exact) mass is 248 g/mol. The van der Waals surface area contributed by atoms with Crippen molar-refractivity contribution in [3.63, 3.8) is 0 Å². The van der Waals surface area contributed by atoms with Crippen LogP contribution in [0.15, 0.2) is 30.3 Å². The lowest BCUT2D eigenvalue weighted by molar-refractivity contribution is 0.632. The van der Waals surface area contributed by atoms with Gasteiger partial charge in [-0.1, -0.05) is 12.1 Å². The lowest BCUT2D eigenvalue weighted by atomic mass is 10.3. The van der Waals surface area contributed by atoms with Gasteiger partial charge in [-0.15, -0.1) is 0 Å². The Morgan fingerprint density at radius 3 is 2.76 bits per heavy atom. The van der Waals surface area contributed by atoms with Crippen LogP contribution in [0.2, 0.25) is 5.28 Å². The molecule has 4 nitrogen and oxygen atoms in total. The smallest absolute Gasteiger partial charge is 0.225 e. The van der Waals surface area contributed by atoms with Crippen LogP contribution in [-0.4, -0.2) is 9.97 Å². The minimum Gasteiger partial charge on any atom is -0.338 e. The van der Waals surface area contributed by atoms with Crippen molar-refractivity contribution in [2.24, 2.45) is 0 Å². The van der Waals surface area contributed by atoms with Gasteiger partial charge in [0.15, 0.2) is 0 Å². The number of halogens is 2. The number of benzene rings is 1. The lowest BCUT2D eigenvalue weighted by Crippen LogP contribution is -1.98. The highest BCUT2D eigenvalue weighted by Crippen LogP contribution is 2.19. The molecule has 0 atom stereocenters. The first-order valence-electron chi connectivity index (χ1n) is 4.65. The maximum absolute atomic E-state index is 13.4. The second kappa shape index (κ2) is 4.76. The van der Waals surface area contributed by atoms with Crippen LogP contribution < -0.4 is 5.32 Å². The zero-order valence-electron chi connectivity index (χ0n) is 8.48. The molecule has 17 heavy (non-hydrogen) atoms. The molecule has 1 aromatic carbocycles. The van der Waals surface area contributed by atoms with E-state index in [1.807, 2.05) is 6.07 Å². The normalized spacial score (nSPS) is 9.71. The summed E-state index contributed by atoms with van der Waals surface area (Å²) < 4.78 is 13.4. The molecule has 0 fully saturated rings. The number of para-hydroxylation sites is 1. The molecule has 84 valence electrons. The van der Waals surface area contributed by atoms with E-state index in [2.05, 4.69) is 15.3 Å².